The molecule has 1 amide bonds. The zero-order valence-electron chi connectivity index (χ0n) is 25.0. The van der Waals surface area contributed by atoms with Crippen LogP contribution in [0.3, 0.4) is 0 Å². The number of amides is 1. The zero-order valence-corrected chi connectivity index (χ0v) is 25.0. The largest absolute Gasteiger partial charge is 0.504 e. The third-order valence-electron chi connectivity index (χ3n) is 11.2. The molecule has 42 heavy (non-hydrogen) atoms. The molecule has 6 nitrogen and oxygen atoms in total. The highest BCUT2D eigenvalue weighted by Gasteiger charge is 2.73. The average molecular weight is 567 g/mol. The van der Waals surface area contributed by atoms with Gasteiger partial charge in [-0.05, 0) is 92.8 Å². The van der Waals surface area contributed by atoms with Crippen molar-refractivity contribution in [2.24, 2.45) is 0 Å². The van der Waals surface area contributed by atoms with Crippen LogP contribution in [0.5, 0.6) is 11.5 Å². The topological polar surface area (TPSA) is 73.2 Å². The highest BCUT2D eigenvalue weighted by Crippen LogP contribution is 2.65. The van der Waals surface area contributed by atoms with Crippen molar-refractivity contribution in [3.05, 3.63) is 94.0 Å². The maximum absolute atomic E-state index is 13.6. The number of likely N-dealkylation sites (N-methyl/N-ethyl adjacent to an activating group) is 1. The van der Waals surface area contributed by atoms with E-state index in [4.69, 9.17) is 4.74 Å². The van der Waals surface area contributed by atoms with Gasteiger partial charge in [-0.2, -0.15) is 0 Å². The van der Waals surface area contributed by atoms with E-state index in [0.717, 1.165) is 43.5 Å². The van der Waals surface area contributed by atoms with Crippen LogP contribution in [0.4, 0.5) is 0 Å². The fourth-order valence-electron chi connectivity index (χ4n) is 8.76. The Labute approximate surface area is 248 Å². The highest BCUT2D eigenvalue weighted by molar-refractivity contribution is 5.77. The molecule has 1 spiro atoms. The lowest BCUT2D eigenvalue weighted by Gasteiger charge is -2.64. The number of aliphatic hydroxyl groups is 1. The van der Waals surface area contributed by atoms with Crippen LogP contribution in [0, 0.1) is 13.8 Å². The lowest BCUT2D eigenvalue weighted by molar-refractivity contribution is -0.200. The Hall–Kier alpha value is -3.35. The number of piperidine rings is 1. The van der Waals surface area contributed by atoms with Crippen LogP contribution in [0.25, 0.3) is 0 Å². The molecule has 1 saturated carbocycles. The zero-order chi connectivity index (χ0) is 29.2. The number of nitrogens with zero attached hydrogens (tertiary/aromatic N) is 2. The van der Waals surface area contributed by atoms with Gasteiger partial charge in [-0.3, -0.25) is 9.69 Å². The molecule has 2 fully saturated rings. The van der Waals surface area contributed by atoms with Crippen molar-refractivity contribution in [3.63, 3.8) is 0 Å². The molecule has 1 saturated heterocycles. The number of aromatic hydroxyl groups is 1. The molecule has 0 radical (unpaired) electrons. The van der Waals surface area contributed by atoms with Gasteiger partial charge >= 0.3 is 0 Å². The summed E-state index contributed by atoms with van der Waals surface area (Å²) in [5.74, 6) is 0.749. The summed E-state index contributed by atoms with van der Waals surface area (Å²) >= 11 is 0. The number of phenols is 1. The van der Waals surface area contributed by atoms with Gasteiger partial charge in [0.15, 0.2) is 11.5 Å². The van der Waals surface area contributed by atoms with Crippen molar-refractivity contribution in [1.29, 1.82) is 0 Å². The first kappa shape index (κ1) is 27.5. The van der Waals surface area contributed by atoms with Crippen LogP contribution in [0.2, 0.25) is 0 Å². The third-order valence-corrected chi connectivity index (χ3v) is 11.2. The average Bonchev–Trinajstić information content (AvgIpc) is 3.34. The number of carbonyl (C=O) groups is 1. The number of likely N-dealkylation sites (tertiary alicyclic amines) is 1. The lowest BCUT2D eigenvalue weighted by Crippen LogP contribution is -2.78. The Morgan fingerprint density at radius 2 is 1.83 bits per heavy atom. The van der Waals surface area contributed by atoms with Crippen LogP contribution >= 0.6 is 0 Å². The molecule has 2 unspecified atom stereocenters. The van der Waals surface area contributed by atoms with E-state index in [1.165, 1.54) is 22.3 Å². The van der Waals surface area contributed by atoms with Gasteiger partial charge in [0.1, 0.15) is 6.10 Å². The highest BCUT2D eigenvalue weighted by atomic mass is 16.5. The molecular formula is C36H42N2O4. The summed E-state index contributed by atoms with van der Waals surface area (Å²) in [6.07, 6.45) is 4.42. The van der Waals surface area contributed by atoms with Gasteiger partial charge in [-0.1, -0.05) is 54.6 Å². The minimum atomic E-state index is -0.988. The molecule has 2 aliphatic carbocycles. The predicted molar refractivity (Wildman–Crippen MR) is 163 cm³/mol. The van der Waals surface area contributed by atoms with Crippen molar-refractivity contribution in [1.82, 2.24) is 9.80 Å². The number of hydrogen-bond donors (Lipinski definition) is 2. The van der Waals surface area contributed by atoms with Crippen molar-refractivity contribution in [3.8, 4) is 11.5 Å². The predicted octanol–water partition coefficient (Wildman–Crippen LogP) is 4.87. The van der Waals surface area contributed by atoms with E-state index in [2.05, 4.69) is 61.2 Å². The molecule has 7 rings (SSSR count). The van der Waals surface area contributed by atoms with Crippen LogP contribution in [0.15, 0.2) is 60.7 Å². The second-order valence-corrected chi connectivity index (χ2v) is 13.2. The molecule has 3 aromatic rings. The Balaban J connectivity index is 1.17. The molecule has 2 aliphatic heterocycles. The van der Waals surface area contributed by atoms with Crippen LogP contribution in [-0.4, -0.2) is 69.8 Å². The first-order valence-corrected chi connectivity index (χ1v) is 15.6. The van der Waals surface area contributed by atoms with Gasteiger partial charge in [0, 0.05) is 31.6 Å². The second kappa shape index (κ2) is 10.1. The summed E-state index contributed by atoms with van der Waals surface area (Å²) in [6.45, 7) is 5.96. The first-order chi connectivity index (χ1) is 20.2. The number of ether oxygens (including phenoxy) is 1. The van der Waals surface area contributed by atoms with Crippen molar-refractivity contribution >= 4 is 5.91 Å². The van der Waals surface area contributed by atoms with Gasteiger partial charge in [0.25, 0.3) is 0 Å². The minimum absolute atomic E-state index is 0.0317. The van der Waals surface area contributed by atoms with Gasteiger partial charge in [0.2, 0.25) is 5.91 Å². The van der Waals surface area contributed by atoms with E-state index < -0.39 is 17.1 Å². The Kier molecular flexibility index (Phi) is 6.63. The molecule has 2 heterocycles. The molecule has 5 atom stereocenters. The minimum Gasteiger partial charge on any atom is -0.504 e. The Morgan fingerprint density at radius 3 is 2.62 bits per heavy atom. The molecule has 6 heteroatoms. The lowest BCUT2D eigenvalue weighted by atomic mass is 9.48. The SMILES string of the molecule is Cc1ccc(CCC(=O)N(C)C2CC[C@@]3(O)[C@H]4Cc5ccc(O)c6c5[C@@]3(CCN4CCc3ccccc3)C2O6)cc1C. The van der Waals surface area contributed by atoms with Crippen LogP contribution in [-0.2, 0) is 29.5 Å². The third kappa shape index (κ3) is 4.02. The van der Waals surface area contributed by atoms with Crippen molar-refractivity contribution in [2.75, 3.05) is 20.1 Å². The van der Waals surface area contributed by atoms with Crippen molar-refractivity contribution in [2.45, 2.75) is 88.0 Å². The quantitative estimate of drug-likeness (QED) is 0.427. The summed E-state index contributed by atoms with van der Waals surface area (Å²) in [6, 6.07) is 20.5. The van der Waals surface area contributed by atoms with Crippen molar-refractivity contribution < 1.29 is 19.7 Å². The summed E-state index contributed by atoms with van der Waals surface area (Å²) in [5, 5.41) is 23.7. The summed E-state index contributed by atoms with van der Waals surface area (Å²) in [7, 11) is 1.90. The molecule has 220 valence electrons. The summed E-state index contributed by atoms with van der Waals surface area (Å²) in [5.41, 5.74) is 5.51. The van der Waals surface area contributed by atoms with E-state index in [-0.39, 0.29) is 23.7 Å². The van der Waals surface area contributed by atoms with E-state index in [1.807, 2.05) is 24.1 Å². The number of aryl methyl sites for hydroxylation is 3. The van der Waals surface area contributed by atoms with Gasteiger partial charge in [0.05, 0.1) is 17.1 Å². The molecule has 3 aromatic carbocycles. The van der Waals surface area contributed by atoms with Gasteiger partial charge in [-0.25, -0.2) is 0 Å². The Bertz CT molecular complexity index is 1520. The van der Waals surface area contributed by atoms with Crippen LogP contribution in [0.1, 0.15) is 59.1 Å². The molecule has 0 aromatic heterocycles. The van der Waals surface area contributed by atoms with E-state index >= 15 is 0 Å². The van der Waals surface area contributed by atoms with E-state index in [9.17, 15) is 15.0 Å². The smallest absolute Gasteiger partial charge is 0.223 e. The fourth-order valence-corrected chi connectivity index (χ4v) is 8.76. The van der Waals surface area contributed by atoms with E-state index in [0.29, 0.717) is 31.4 Å². The second-order valence-electron chi connectivity index (χ2n) is 13.2. The Morgan fingerprint density at radius 1 is 1.02 bits per heavy atom. The summed E-state index contributed by atoms with van der Waals surface area (Å²) in [4.78, 5) is 18.0. The standard InChI is InChI=1S/C36H42N2O4/c1-23-9-10-26(21-24(23)2)11-14-31(40)37(3)28-15-17-36(41)30-22-27-12-13-29(39)33-32(27)35(36,34(28)42-33)18-20-38(30)19-16-25-7-5-4-6-8-25/h4-10,12-13,21,28,30,34,39,41H,11,14-20,22H2,1-3H3/t28?,30-,34?,35+,36-/m1/s1. The number of carbonyl (C=O) groups excluding carboxylic acids is 1. The number of benzene rings is 3. The number of phenolic OH excluding ortho intramolecular Hbond substituents is 1. The summed E-state index contributed by atoms with van der Waals surface area (Å²) < 4.78 is 6.69. The first-order valence-electron chi connectivity index (χ1n) is 15.6. The molecule has 2 bridgehead atoms. The maximum Gasteiger partial charge on any atom is 0.223 e. The number of hydrogen-bond acceptors (Lipinski definition) is 5. The molecule has 4 aliphatic rings. The number of rotatable bonds is 7. The van der Waals surface area contributed by atoms with Crippen LogP contribution < -0.4 is 4.74 Å². The van der Waals surface area contributed by atoms with Gasteiger partial charge < -0.3 is 19.8 Å². The monoisotopic (exact) mass is 566 g/mol. The molecule has 2 N–H and O–H groups in total. The van der Waals surface area contributed by atoms with E-state index in [1.54, 1.807) is 6.07 Å². The fraction of sp³-hybridized carbons (Fsp3) is 0.472. The normalized spacial score (nSPS) is 29.1. The molecular weight excluding hydrogens is 524 g/mol. The van der Waals surface area contributed by atoms with Gasteiger partial charge in [-0.15, -0.1) is 0 Å². The maximum atomic E-state index is 13.6.